The second-order valence-corrected chi connectivity index (χ2v) is 14.1. The van der Waals surface area contributed by atoms with E-state index in [4.69, 9.17) is 9.29 Å². The van der Waals surface area contributed by atoms with Gasteiger partial charge in [0, 0.05) is 10.8 Å². The molecule has 0 spiro atoms. The van der Waals surface area contributed by atoms with Crippen LogP contribution in [-0.2, 0) is 34.0 Å². The summed E-state index contributed by atoms with van der Waals surface area (Å²) in [6.07, 6.45) is 5.66. The topological polar surface area (TPSA) is 127 Å². The van der Waals surface area contributed by atoms with E-state index in [0.29, 0.717) is 12.8 Å². The summed E-state index contributed by atoms with van der Waals surface area (Å²) in [7, 11) is -5.79. The number of ether oxygens (including phenoxy) is 2. The predicted molar refractivity (Wildman–Crippen MR) is 126 cm³/mol. The highest BCUT2D eigenvalue weighted by atomic mass is 32.2. The van der Waals surface area contributed by atoms with E-state index in [-0.39, 0.29) is 17.8 Å². The van der Waals surface area contributed by atoms with Crippen molar-refractivity contribution in [1.29, 1.82) is 0 Å². The molecule has 1 amide bonds. The summed E-state index contributed by atoms with van der Waals surface area (Å²) in [4.78, 5) is 41.2. The van der Waals surface area contributed by atoms with Gasteiger partial charge in [0.05, 0.1) is 29.0 Å². The number of fused-ring (bicyclic) bond motifs is 1. The maximum absolute atomic E-state index is 13.7. The molecule has 0 aromatic rings. The van der Waals surface area contributed by atoms with Crippen LogP contribution in [0.15, 0.2) is 0 Å². The highest BCUT2D eigenvalue weighted by molar-refractivity contribution is 8.01. The number of hydrogen-bond acceptors (Lipinski definition) is 8. The highest BCUT2D eigenvalue weighted by Gasteiger charge is 2.73. The van der Waals surface area contributed by atoms with Crippen LogP contribution in [0, 0.1) is 17.8 Å². The van der Waals surface area contributed by atoms with E-state index in [2.05, 4.69) is 4.74 Å². The quantitative estimate of drug-likeness (QED) is 0.390. The van der Waals surface area contributed by atoms with Crippen LogP contribution >= 0.6 is 11.8 Å². The Morgan fingerprint density at radius 3 is 2.19 bits per heavy atom. The molecule has 1 saturated carbocycles. The molecule has 3 heterocycles. The van der Waals surface area contributed by atoms with Gasteiger partial charge >= 0.3 is 27.3 Å². The van der Waals surface area contributed by atoms with Crippen molar-refractivity contribution in [3.63, 3.8) is 0 Å². The van der Waals surface area contributed by atoms with Gasteiger partial charge in [-0.15, -0.1) is 11.8 Å². The molecule has 0 aromatic carbocycles. The molecule has 4 fully saturated rings. The van der Waals surface area contributed by atoms with Gasteiger partial charge in [-0.25, -0.2) is 0 Å². The Morgan fingerprint density at radius 1 is 1.06 bits per heavy atom. The molecule has 9 nitrogen and oxygen atoms in total. The third kappa shape index (κ3) is 4.87. The number of hydrogen-bond donors (Lipinski definition) is 1. The van der Waals surface area contributed by atoms with E-state index in [1.807, 2.05) is 20.8 Å². The van der Waals surface area contributed by atoms with Crippen molar-refractivity contribution in [2.45, 2.75) is 99.2 Å². The first-order chi connectivity index (χ1) is 16.6. The molecule has 1 N–H and O–H groups in total. The van der Waals surface area contributed by atoms with Gasteiger partial charge in [0.25, 0.3) is 0 Å². The van der Waals surface area contributed by atoms with Gasteiger partial charge in [-0.3, -0.25) is 18.9 Å². The molecule has 13 heteroatoms. The van der Waals surface area contributed by atoms with Crippen LogP contribution in [0.25, 0.3) is 0 Å². The molecule has 6 unspecified atom stereocenters. The number of likely N-dealkylation sites (tertiary alicyclic amines) is 1. The summed E-state index contributed by atoms with van der Waals surface area (Å²) in [5.41, 5.74) is -0.647. The smallest absolute Gasteiger partial charge is 0.402 e. The molecule has 1 aliphatic carbocycles. The van der Waals surface area contributed by atoms with Crippen molar-refractivity contribution in [3.8, 4) is 0 Å². The number of halogens is 2. The first-order valence-corrected chi connectivity index (χ1v) is 14.7. The van der Waals surface area contributed by atoms with E-state index < -0.39 is 68.0 Å². The van der Waals surface area contributed by atoms with E-state index in [9.17, 15) is 31.6 Å². The lowest BCUT2D eigenvalue weighted by molar-refractivity contribution is -0.165. The van der Waals surface area contributed by atoms with Gasteiger partial charge in [-0.1, -0.05) is 32.1 Å². The zero-order valence-electron chi connectivity index (χ0n) is 20.5. The molecule has 3 saturated heterocycles. The van der Waals surface area contributed by atoms with Gasteiger partial charge in [-0.2, -0.15) is 17.2 Å². The van der Waals surface area contributed by atoms with Crippen LogP contribution in [-0.4, -0.2) is 75.8 Å². The molecule has 6 atom stereocenters. The lowest BCUT2D eigenvalue weighted by atomic mass is 9.78. The molecule has 204 valence electrons. The average Bonchev–Trinajstić information content (AvgIpc) is 3.33. The van der Waals surface area contributed by atoms with Crippen molar-refractivity contribution < 1.29 is 45.6 Å². The largest absolute Gasteiger partial charge is 0.459 e. The predicted octanol–water partition coefficient (Wildman–Crippen LogP) is 3.02. The number of thioether (sulfide) groups is 1. The van der Waals surface area contributed by atoms with Crippen molar-refractivity contribution in [1.82, 2.24) is 4.90 Å². The minimum absolute atomic E-state index is 0.274. The number of nitrogens with zero attached hydrogens (tertiary/aromatic N) is 1. The number of carbonyl (C=O) groups excluding carboxylic acids is 3. The van der Waals surface area contributed by atoms with Gasteiger partial charge < -0.3 is 14.4 Å². The Balaban J connectivity index is 1.57. The van der Waals surface area contributed by atoms with Gasteiger partial charge in [-0.05, 0) is 33.6 Å². The van der Waals surface area contributed by atoms with Crippen LogP contribution in [0.4, 0.5) is 8.78 Å². The third-order valence-electron chi connectivity index (χ3n) is 7.67. The first-order valence-electron chi connectivity index (χ1n) is 12.4. The Labute approximate surface area is 213 Å². The van der Waals surface area contributed by atoms with Gasteiger partial charge in [0.15, 0.2) is 6.61 Å². The van der Waals surface area contributed by atoms with E-state index in [1.54, 1.807) is 4.90 Å². The Hall–Kier alpha value is -1.47. The van der Waals surface area contributed by atoms with Crippen LogP contribution < -0.4 is 0 Å². The van der Waals surface area contributed by atoms with Crippen molar-refractivity contribution in [3.05, 3.63) is 0 Å². The van der Waals surface area contributed by atoms with Crippen LogP contribution in [0.2, 0.25) is 0 Å². The summed E-state index contributed by atoms with van der Waals surface area (Å²) in [5.74, 6) is -4.19. The molecular formula is C23H33F2NO8S2. The van der Waals surface area contributed by atoms with Crippen molar-refractivity contribution in [2.75, 3.05) is 6.61 Å². The Bertz CT molecular complexity index is 1010. The van der Waals surface area contributed by atoms with Crippen LogP contribution in [0.5, 0.6) is 0 Å². The van der Waals surface area contributed by atoms with Crippen molar-refractivity contribution >= 4 is 39.7 Å². The molecule has 3 aliphatic heterocycles. The normalized spacial score (nSPS) is 33.4. The summed E-state index contributed by atoms with van der Waals surface area (Å²) in [5, 5.41) is -5.76. The van der Waals surface area contributed by atoms with Gasteiger partial charge in [0.2, 0.25) is 5.91 Å². The Morgan fingerprint density at radius 2 is 1.64 bits per heavy atom. The van der Waals surface area contributed by atoms with Crippen LogP contribution in [0.3, 0.4) is 0 Å². The van der Waals surface area contributed by atoms with Crippen molar-refractivity contribution in [2.24, 2.45) is 17.8 Å². The molecule has 2 bridgehead atoms. The van der Waals surface area contributed by atoms with Gasteiger partial charge in [0.1, 0.15) is 6.10 Å². The lowest BCUT2D eigenvalue weighted by Gasteiger charge is -2.40. The minimum atomic E-state index is -5.79. The summed E-state index contributed by atoms with van der Waals surface area (Å²) >= 11 is 1.32. The average molecular weight is 554 g/mol. The van der Waals surface area contributed by atoms with E-state index in [0.717, 1.165) is 32.1 Å². The number of amides is 1. The monoisotopic (exact) mass is 553 g/mol. The number of esters is 2. The molecule has 4 aliphatic rings. The summed E-state index contributed by atoms with van der Waals surface area (Å²) in [6.45, 7) is 3.63. The number of rotatable bonds is 6. The molecule has 4 rings (SSSR count). The number of carbonyl (C=O) groups is 3. The zero-order valence-corrected chi connectivity index (χ0v) is 22.2. The maximum Gasteiger partial charge on any atom is 0.402 e. The third-order valence-corrected chi connectivity index (χ3v) is 10.3. The highest BCUT2D eigenvalue weighted by Crippen LogP contribution is 2.61. The molecule has 0 aromatic heterocycles. The van der Waals surface area contributed by atoms with E-state index >= 15 is 0 Å². The fourth-order valence-electron chi connectivity index (χ4n) is 6.05. The summed E-state index contributed by atoms with van der Waals surface area (Å²) in [6, 6.07) is -0.460. The SMILES string of the molecule is CC(C)(C)N1C(=O)C2C3SC(C(OC(=O)C4CCCCCCC4)C31)C2C(=O)OCC(F)(F)S(=O)(=O)O. The van der Waals surface area contributed by atoms with Crippen LogP contribution in [0.1, 0.15) is 65.7 Å². The first kappa shape index (κ1) is 27.6. The second-order valence-electron chi connectivity index (χ2n) is 11.2. The Kier molecular flexibility index (Phi) is 7.41. The zero-order chi connectivity index (χ0) is 26.6. The summed E-state index contributed by atoms with van der Waals surface area (Å²) < 4.78 is 68.6. The minimum Gasteiger partial charge on any atom is -0.459 e. The second kappa shape index (κ2) is 9.68. The maximum atomic E-state index is 13.7. The number of alkyl halides is 2. The molecule has 0 radical (unpaired) electrons. The fourth-order valence-corrected chi connectivity index (χ4v) is 8.34. The standard InChI is InChI=1S/C23H33F2NO8S2/c1-22(2,3)26-15-16(34-20(28)12-9-7-5-4-6-8-10-12)18-14(13(19(26)27)17(15)35-18)21(29)33-11-23(24,25)36(30,31)32/h12-18H,4-11H2,1-3H3,(H,30,31,32). The van der Waals surface area contributed by atoms with E-state index in [1.165, 1.54) is 11.8 Å². The fraction of sp³-hybridized carbons (Fsp3) is 0.870. The lowest BCUT2D eigenvalue weighted by Crippen LogP contribution is -2.55. The molecular weight excluding hydrogens is 520 g/mol. The molecule has 36 heavy (non-hydrogen) atoms.